The average molecular weight is 272 g/mol. The first-order chi connectivity index (χ1) is 9.56. The molecule has 0 radical (unpaired) electrons. The molecular weight excluding hydrogens is 255 g/mol. The minimum absolute atomic E-state index is 0.124. The van der Waals surface area contributed by atoms with Crippen LogP contribution in [-0.2, 0) is 13.1 Å². The predicted molar refractivity (Wildman–Crippen MR) is 76.8 cm³/mol. The fourth-order valence-corrected chi connectivity index (χ4v) is 1.99. The van der Waals surface area contributed by atoms with Gasteiger partial charge in [-0.05, 0) is 30.8 Å². The number of aromatic nitrogens is 1. The van der Waals surface area contributed by atoms with E-state index in [2.05, 4.69) is 4.98 Å². The number of nitrogens with two attached hydrogens (primary N) is 1. The first-order valence-electron chi connectivity index (χ1n) is 6.26. The molecule has 0 saturated carbocycles. The average Bonchev–Trinajstić information content (AvgIpc) is 2.42. The molecule has 0 aliphatic carbocycles. The van der Waals surface area contributed by atoms with E-state index in [0.29, 0.717) is 17.7 Å². The largest absolute Gasteiger partial charge is 0.384 e. The van der Waals surface area contributed by atoms with Crippen LogP contribution in [-0.4, -0.2) is 22.8 Å². The Balaban J connectivity index is 2.04. The number of benzene rings is 1. The zero-order valence-corrected chi connectivity index (χ0v) is 11.3. The van der Waals surface area contributed by atoms with Crippen molar-refractivity contribution in [2.24, 2.45) is 5.73 Å². The van der Waals surface area contributed by atoms with E-state index >= 15 is 0 Å². The Bertz CT molecular complexity index is 598. The lowest BCUT2D eigenvalue weighted by molar-refractivity contribution is 0.313. The van der Waals surface area contributed by atoms with Gasteiger partial charge in [0.1, 0.15) is 11.7 Å². The van der Waals surface area contributed by atoms with Gasteiger partial charge in [-0.2, -0.15) is 0 Å². The SMILES string of the molecule is CN(Cc1ccncc1)Cc1ccc(C(=N)N)cc1F. The highest BCUT2D eigenvalue weighted by Crippen LogP contribution is 2.13. The second-order valence-corrected chi connectivity index (χ2v) is 4.75. The molecule has 0 aliphatic heterocycles. The van der Waals surface area contributed by atoms with E-state index in [1.165, 1.54) is 6.07 Å². The quantitative estimate of drug-likeness (QED) is 0.647. The Morgan fingerprint density at radius 1 is 1.25 bits per heavy atom. The molecule has 1 aromatic carbocycles. The second-order valence-electron chi connectivity index (χ2n) is 4.75. The highest BCUT2D eigenvalue weighted by Gasteiger charge is 2.08. The molecule has 3 N–H and O–H groups in total. The van der Waals surface area contributed by atoms with Gasteiger partial charge in [0.05, 0.1) is 0 Å². The van der Waals surface area contributed by atoms with Gasteiger partial charge in [0.25, 0.3) is 0 Å². The molecule has 0 bridgehead atoms. The molecule has 20 heavy (non-hydrogen) atoms. The van der Waals surface area contributed by atoms with Crippen molar-refractivity contribution in [3.05, 3.63) is 65.2 Å². The summed E-state index contributed by atoms with van der Waals surface area (Å²) in [5.74, 6) is -0.458. The van der Waals surface area contributed by atoms with Crippen molar-refractivity contribution in [1.82, 2.24) is 9.88 Å². The van der Waals surface area contributed by atoms with E-state index in [1.54, 1.807) is 24.5 Å². The summed E-state index contributed by atoms with van der Waals surface area (Å²) < 4.78 is 13.9. The van der Waals surface area contributed by atoms with Gasteiger partial charge in [-0.1, -0.05) is 12.1 Å². The number of hydrogen-bond acceptors (Lipinski definition) is 3. The highest BCUT2D eigenvalue weighted by molar-refractivity contribution is 5.94. The van der Waals surface area contributed by atoms with Gasteiger partial charge in [0.2, 0.25) is 0 Å². The van der Waals surface area contributed by atoms with E-state index in [-0.39, 0.29) is 11.7 Å². The van der Waals surface area contributed by atoms with Crippen LogP contribution in [0, 0.1) is 11.2 Å². The zero-order chi connectivity index (χ0) is 14.5. The minimum atomic E-state index is -0.334. The Hall–Kier alpha value is -2.27. The first-order valence-corrected chi connectivity index (χ1v) is 6.26. The standard InChI is InChI=1S/C15H17FN4/c1-20(9-11-4-6-19-7-5-11)10-13-3-2-12(15(17)18)8-14(13)16/h2-8H,9-10H2,1H3,(H3,17,18). The van der Waals surface area contributed by atoms with Crippen LogP contribution in [0.4, 0.5) is 4.39 Å². The predicted octanol–water partition coefficient (Wildman–Crippen LogP) is 2.14. The molecule has 2 rings (SSSR count). The number of rotatable bonds is 5. The number of nitrogen functional groups attached to an aromatic ring is 1. The summed E-state index contributed by atoms with van der Waals surface area (Å²) in [6, 6.07) is 8.52. The van der Waals surface area contributed by atoms with Crippen molar-refractivity contribution in [2.75, 3.05) is 7.05 Å². The highest BCUT2D eigenvalue weighted by atomic mass is 19.1. The van der Waals surface area contributed by atoms with Crippen LogP contribution in [0.5, 0.6) is 0 Å². The van der Waals surface area contributed by atoms with Crippen molar-refractivity contribution in [3.63, 3.8) is 0 Å². The minimum Gasteiger partial charge on any atom is -0.384 e. The van der Waals surface area contributed by atoms with Crippen molar-refractivity contribution < 1.29 is 4.39 Å². The number of nitrogens with one attached hydrogen (secondary N) is 1. The van der Waals surface area contributed by atoms with Gasteiger partial charge >= 0.3 is 0 Å². The summed E-state index contributed by atoms with van der Waals surface area (Å²) in [6.45, 7) is 1.21. The molecule has 2 aromatic rings. The summed E-state index contributed by atoms with van der Waals surface area (Å²) >= 11 is 0. The summed E-state index contributed by atoms with van der Waals surface area (Å²) in [6.07, 6.45) is 3.48. The normalized spacial score (nSPS) is 10.8. The molecule has 0 spiro atoms. The van der Waals surface area contributed by atoms with Crippen molar-refractivity contribution in [1.29, 1.82) is 5.41 Å². The lowest BCUT2D eigenvalue weighted by Gasteiger charge is -2.17. The molecule has 0 saturated heterocycles. The molecule has 0 atom stereocenters. The molecule has 4 nitrogen and oxygen atoms in total. The topological polar surface area (TPSA) is 66.0 Å². The third-order valence-corrected chi connectivity index (χ3v) is 3.01. The van der Waals surface area contributed by atoms with Gasteiger partial charge < -0.3 is 5.73 Å². The van der Waals surface area contributed by atoms with Crippen molar-refractivity contribution in [3.8, 4) is 0 Å². The van der Waals surface area contributed by atoms with Crippen LogP contribution in [0.3, 0.4) is 0 Å². The first kappa shape index (κ1) is 14.1. The number of hydrogen-bond donors (Lipinski definition) is 2. The Morgan fingerprint density at radius 2 is 1.95 bits per heavy atom. The lowest BCUT2D eigenvalue weighted by atomic mass is 10.1. The Morgan fingerprint density at radius 3 is 2.55 bits per heavy atom. The Kier molecular flexibility index (Phi) is 4.42. The van der Waals surface area contributed by atoms with Crippen LogP contribution in [0.15, 0.2) is 42.7 Å². The molecular formula is C15H17FN4. The van der Waals surface area contributed by atoms with E-state index in [9.17, 15) is 4.39 Å². The van der Waals surface area contributed by atoms with Gasteiger partial charge in [-0.15, -0.1) is 0 Å². The van der Waals surface area contributed by atoms with Crippen molar-refractivity contribution in [2.45, 2.75) is 13.1 Å². The maximum Gasteiger partial charge on any atom is 0.128 e. The van der Waals surface area contributed by atoms with Crippen LogP contribution >= 0.6 is 0 Å². The van der Waals surface area contributed by atoms with Crippen LogP contribution in [0.25, 0.3) is 0 Å². The number of halogens is 1. The van der Waals surface area contributed by atoms with Crippen molar-refractivity contribution >= 4 is 5.84 Å². The molecule has 0 amide bonds. The number of nitrogens with zero attached hydrogens (tertiary/aromatic N) is 2. The van der Waals surface area contributed by atoms with Crippen LogP contribution < -0.4 is 5.73 Å². The van der Waals surface area contributed by atoms with Crippen LogP contribution in [0.2, 0.25) is 0 Å². The van der Waals surface area contributed by atoms with E-state index in [1.807, 2.05) is 24.1 Å². The van der Waals surface area contributed by atoms with Gasteiger partial charge in [0, 0.05) is 36.6 Å². The third kappa shape index (κ3) is 3.61. The van der Waals surface area contributed by atoms with Gasteiger partial charge in [0.15, 0.2) is 0 Å². The lowest BCUT2D eigenvalue weighted by Crippen LogP contribution is -2.18. The molecule has 0 fully saturated rings. The Labute approximate surface area is 117 Å². The summed E-state index contributed by atoms with van der Waals surface area (Å²) in [7, 11) is 1.93. The molecule has 1 heterocycles. The van der Waals surface area contributed by atoms with Gasteiger partial charge in [-0.25, -0.2) is 4.39 Å². The van der Waals surface area contributed by atoms with E-state index in [4.69, 9.17) is 11.1 Å². The summed E-state index contributed by atoms with van der Waals surface area (Å²) in [5.41, 5.74) is 7.46. The molecule has 5 heteroatoms. The molecule has 1 aromatic heterocycles. The summed E-state index contributed by atoms with van der Waals surface area (Å²) in [4.78, 5) is 5.98. The second kappa shape index (κ2) is 6.25. The van der Waals surface area contributed by atoms with E-state index in [0.717, 1.165) is 12.1 Å². The van der Waals surface area contributed by atoms with Gasteiger partial charge in [-0.3, -0.25) is 15.3 Å². The van der Waals surface area contributed by atoms with Crippen LogP contribution in [0.1, 0.15) is 16.7 Å². The number of pyridine rings is 1. The maximum absolute atomic E-state index is 13.9. The third-order valence-electron chi connectivity index (χ3n) is 3.01. The smallest absolute Gasteiger partial charge is 0.128 e. The maximum atomic E-state index is 13.9. The van der Waals surface area contributed by atoms with E-state index < -0.39 is 0 Å². The fourth-order valence-electron chi connectivity index (χ4n) is 1.99. The molecule has 0 unspecified atom stereocenters. The molecule has 0 aliphatic rings. The fraction of sp³-hybridized carbons (Fsp3) is 0.200. The zero-order valence-electron chi connectivity index (χ0n) is 11.3. The summed E-state index contributed by atoms with van der Waals surface area (Å²) in [5, 5.41) is 7.29. The monoisotopic (exact) mass is 272 g/mol. The molecule has 104 valence electrons. The number of amidine groups is 1.